The Kier molecular flexibility index (Phi) is 9.27. The highest BCUT2D eigenvalue weighted by Gasteiger charge is 2.60. The number of hydrogen-bond donors (Lipinski definition) is 7. The van der Waals surface area contributed by atoms with Crippen LogP contribution in [0.15, 0.2) is 15.6 Å². The summed E-state index contributed by atoms with van der Waals surface area (Å²) < 4.78 is 0. The highest BCUT2D eigenvalue weighted by atomic mass is 32.2. The maximum atomic E-state index is 13.2. The minimum Gasteiger partial charge on any atom is -0.477 e. The van der Waals surface area contributed by atoms with Crippen molar-refractivity contribution in [2.75, 3.05) is 26.2 Å². The van der Waals surface area contributed by atoms with Crippen LogP contribution in [0, 0.1) is 11.8 Å². The van der Waals surface area contributed by atoms with Crippen molar-refractivity contribution in [2.24, 2.45) is 34.0 Å². The van der Waals surface area contributed by atoms with Crippen LogP contribution in [0.4, 0.5) is 0 Å². The first-order valence-corrected chi connectivity index (χ1v) is 14.6. The second kappa shape index (κ2) is 12.3. The van der Waals surface area contributed by atoms with Gasteiger partial charge < -0.3 is 47.8 Å². The van der Waals surface area contributed by atoms with E-state index in [0.29, 0.717) is 56.8 Å². The Balaban J connectivity index is 1.27. The average Bonchev–Trinajstić information content (AvgIpc) is 3.59. The van der Waals surface area contributed by atoms with Gasteiger partial charge in [0.25, 0.3) is 0 Å². The molecule has 0 aliphatic carbocycles. The lowest BCUT2D eigenvalue weighted by molar-refractivity contribution is -0.163. The molecule has 10 N–H and O–H groups in total. The molecule has 4 heterocycles. The third-order valence-electron chi connectivity index (χ3n) is 8.14. The number of guanidine groups is 1. The number of β-lactam (4-membered cyclic amide) rings is 1. The van der Waals surface area contributed by atoms with E-state index < -0.39 is 30.1 Å². The van der Waals surface area contributed by atoms with Crippen LogP contribution in [0.2, 0.25) is 0 Å². The maximum absolute atomic E-state index is 13.2. The van der Waals surface area contributed by atoms with E-state index in [1.165, 1.54) is 16.7 Å². The van der Waals surface area contributed by atoms with Gasteiger partial charge in [-0.2, -0.15) is 0 Å². The minimum absolute atomic E-state index is 0.00200. The number of rotatable bonds is 11. The Morgan fingerprint density at radius 3 is 2.67 bits per heavy atom. The van der Waals surface area contributed by atoms with E-state index in [9.17, 15) is 29.4 Å². The summed E-state index contributed by atoms with van der Waals surface area (Å²) >= 11 is 1.41. The van der Waals surface area contributed by atoms with Crippen molar-refractivity contribution < 1.29 is 29.4 Å². The zero-order valence-electron chi connectivity index (χ0n) is 22.8. The Labute approximate surface area is 237 Å². The first-order chi connectivity index (χ1) is 18.9. The van der Waals surface area contributed by atoms with E-state index >= 15 is 0 Å². The van der Waals surface area contributed by atoms with Gasteiger partial charge in [0.2, 0.25) is 17.7 Å². The molecule has 0 unspecified atom stereocenters. The molecule has 4 aliphatic rings. The number of hydrogen-bond acceptors (Lipinski definition) is 9. The number of nitrogens with one attached hydrogen (secondary N) is 2. The second-order valence-corrected chi connectivity index (χ2v) is 12.4. The fraction of sp³-hybridized carbons (Fsp3) is 0.720. The number of amides is 3. The van der Waals surface area contributed by atoms with Crippen LogP contribution in [-0.2, 0) is 19.2 Å². The van der Waals surface area contributed by atoms with Crippen molar-refractivity contribution in [1.82, 2.24) is 20.4 Å². The van der Waals surface area contributed by atoms with Gasteiger partial charge in [0.15, 0.2) is 5.96 Å². The SMILES string of the molecule is C[C@@H](O)[C@H]1C(=O)N2C(C(=O)O)=C(S[C@@H]3CN[C@H](C(=O)N4CC[C@H](NC(=O)[C@@H](N)CCCN=C(N)N)C4)C3)[C@H](C)[C@H]12. The number of carboxylic acid groups (broad SMARTS) is 1. The van der Waals surface area contributed by atoms with Crippen LogP contribution in [0.5, 0.6) is 0 Å². The van der Waals surface area contributed by atoms with Crippen LogP contribution in [0.3, 0.4) is 0 Å². The molecule has 0 bridgehead atoms. The Morgan fingerprint density at radius 2 is 2.02 bits per heavy atom. The summed E-state index contributed by atoms with van der Waals surface area (Å²) in [7, 11) is 0. The molecule has 4 aliphatic heterocycles. The van der Waals surface area contributed by atoms with Crippen molar-refractivity contribution >= 4 is 41.4 Å². The fourth-order valence-electron chi connectivity index (χ4n) is 6.10. The maximum Gasteiger partial charge on any atom is 0.353 e. The van der Waals surface area contributed by atoms with Crippen molar-refractivity contribution in [3.05, 3.63) is 10.6 Å². The predicted molar refractivity (Wildman–Crippen MR) is 148 cm³/mol. The van der Waals surface area contributed by atoms with Crippen LogP contribution < -0.4 is 27.8 Å². The van der Waals surface area contributed by atoms with Gasteiger partial charge in [-0.15, -0.1) is 11.8 Å². The smallest absolute Gasteiger partial charge is 0.353 e. The van der Waals surface area contributed by atoms with E-state index in [4.69, 9.17) is 17.2 Å². The zero-order chi connectivity index (χ0) is 29.3. The highest BCUT2D eigenvalue weighted by molar-refractivity contribution is 8.03. The average molecular weight is 581 g/mol. The highest BCUT2D eigenvalue weighted by Crippen LogP contribution is 2.51. The molecule has 3 amide bonds. The van der Waals surface area contributed by atoms with Gasteiger partial charge in [0.05, 0.1) is 30.1 Å². The quantitative estimate of drug-likeness (QED) is 0.0595. The molecule has 8 atom stereocenters. The normalized spacial score (nSPS) is 31.1. The van der Waals surface area contributed by atoms with E-state index in [0.717, 1.165) is 0 Å². The van der Waals surface area contributed by atoms with Gasteiger partial charge in [-0.25, -0.2) is 4.79 Å². The number of likely N-dealkylation sites (tertiary alicyclic amines) is 1. The number of nitrogens with two attached hydrogens (primary N) is 3. The molecule has 40 heavy (non-hydrogen) atoms. The van der Waals surface area contributed by atoms with Crippen LogP contribution in [0.1, 0.15) is 39.5 Å². The van der Waals surface area contributed by atoms with Crippen molar-refractivity contribution in [3.8, 4) is 0 Å². The van der Waals surface area contributed by atoms with Crippen molar-refractivity contribution in [3.63, 3.8) is 0 Å². The summed E-state index contributed by atoms with van der Waals surface area (Å²) in [6.45, 7) is 5.27. The zero-order valence-corrected chi connectivity index (χ0v) is 23.6. The number of aliphatic imine (C=N–C) groups is 1. The molecule has 0 spiro atoms. The summed E-state index contributed by atoms with van der Waals surface area (Å²) in [6, 6.07) is -1.65. The molecule has 0 aromatic heterocycles. The number of carbonyl (C=O) groups excluding carboxylic acids is 3. The van der Waals surface area contributed by atoms with Gasteiger partial charge in [0.1, 0.15) is 5.70 Å². The third-order valence-corrected chi connectivity index (χ3v) is 9.66. The van der Waals surface area contributed by atoms with Crippen molar-refractivity contribution in [2.45, 2.75) is 75.1 Å². The molecule has 3 saturated heterocycles. The lowest BCUT2D eigenvalue weighted by Crippen LogP contribution is -2.63. The van der Waals surface area contributed by atoms with E-state index in [1.807, 2.05) is 6.92 Å². The Hall–Kier alpha value is -2.88. The van der Waals surface area contributed by atoms with Gasteiger partial charge in [-0.1, -0.05) is 6.92 Å². The number of aliphatic hydroxyl groups excluding tert-OH is 1. The third kappa shape index (κ3) is 6.06. The number of aliphatic carboxylic acids is 1. The number of carboxylic acids is 1. The van der Waals surface area contributed by atoms with Crippen LogP contribution >= 0.6 is 11.8 Å². The van der Waals surface area contributed by atoms with E-state index in [-0.39, 0.29) is 52.6 Å². The first kappa shape index (κ1) is 30.1. The molecule has 14 nitrogen and oxygen atoms in total. The Morgan fingerprint density at radius 1 is 1.30 bits per heavy atom. The minimum atomic E-state index is -1.16. The fourth-order valence-corrected chi connectivity index (χ4v) is 7.58. The molecule has 222 valence electrons. The van der Waals surface area contributed by atoms with Crippen LogP contribution in [0.25, 0.3) is 0 Å². The number of thioether (sulfide) groups is 1. The summed E-state index contributed by atoms with van der Waals surface area (Å²) in [5.41, 5.74) is 16.6. The molecular weight excluding hydrogens is 540 g/mol. The molecule has 4 rings (SSSR count). The van der Waals surface area contributed by atoms with Crippen molar-refractivity contribution in [1.29, 1.82) is 0 Å². The monoisotopic (exact) mass is 580 g/mol. The second-order valence-electron chi connectivity index (χ2n) is 11.0. The number of aliphatic hydroxyl groups is 1. The standard InChI is InChI=1S/C25H40N8O6S/c1-11-18-17(12(2)34)23(37)33(18)19(24(38)39)20(11)40-14-8-16(30-9-14)22(36)32-7-5-13(10-32)31-21(35)15(26)4-3-6-29-25(27)28/h11-18,30,34H,3-10,26H2,1-2H3,(H,31,35)(H,38,39)(H4,27,28,29)/t11-,12-,13+,14+,15+,16+,17-,18-/m1/s1. The first-order valence-electron chi connectivity index (χ1n) is 13.7. The van der Waals surface area contributed by atoms with Gasteiger partial charge in [-0.05, 0) is 32.6 Å². The molecule has 0 radical (unpaired) electrons. The molecule has 15 heteroatoms. The van der Waals surface area contributed by atoms with E-state index in [2.05, 4.69) is 15.6 Å². The van der Waals surface area contributed by atoms with Crippen LogP contribution in [-0.4, -0.2) is 111 Å². The molecule has 0 saturated carbocycles. The number of fused-ring (bicyclic) bond motifs is 1. The summed E-state index contributed by atoms with van der Waals surface area (Å²) in [5.74, 6) is -2.68. The van der Waals surface area contributed by atoms with Gasteiger partial charge in [0, 0.05) is 48.3 Å². The molecular formula is C25H40N8O6S. The van der Waals surface area contributed by atoms with Gasteiger partial charge in [-0.3, -0.25) is 19.4 Å². The van der Waals surface area contributed by atoms with E-state index in [1.54, 1.807) is 11.8 Å². The summed E-state index contributed by atoms with van der Waals surface area (Å²) in [5, 5.41) is 26.1. The largest absolute Gasteiger partial charge is 0.477 e. The number of carbonyl (C=O) groups is 4. The lowest BCUT2D eigenvalue weighted by atomic mass is 9.79. The molecule has 3 fully saturated rings. The van der Waals surface area contributed by atoms with Gasteiger partial charge >= 0.3 is 5.97 Å². The lowest BCUT2D eigenvalue weighted by Gasteiger charge is -2.46. The number of nitrogens with zero attached hydrogens (tertiary/aromatic N) is 3. The molecule has 0 aromatic carbocycles. The molecule has 0 aromatic rings. The summed E-state index contributed by atoms with van der Waals surface area (Å²) in [4.78, 5) is 57.9. The predicted octanol–water partition coefficient (Wildman–Crippen LogP) is -2.30. The Bertz CT molecular complexity index is 1100. The summed E-state index contributed by atoms with van der Waals surface area (Å²) in [6.07, 6.45) is 1.30. The topological polar surface area (TPSA) is 230 Å².